The van der Waals surface area contributed by atoms with Crippen LogP contribution < -0.4 is 5.56 Å². The lowest BCUT2D eigenvalue weighted by Gasteiger charge is -2.13. The average Bonchev–Trinajstić information content (AvgIpc) is 2.49. The van der Waals surface area contributed by atoms with Crippen LogP contribution in [0.15, 0.2) is 16.0 Å². The predicted molar refractivity (Wildman–Crippen MR) is 76.7 cm³/mol. The first-order valence-corrected chi connectivity index (χ1v) is 7.55. The molecule has 0 saturated heterocycles. The Hall–Kier alpha value is -2.12. The van der Waals surface area contributed by atoms with Gasteiger partial charge in [0.25, 0.3) is 5.56 Å². The summed E-state index contributed by atoms with van der Waals surface area (Å²) in [6.07, 6.45) is -3.67. The lowest BCUT2D eigenvalue weighted by Crippen LogP contribution is -2.16. The van der Waals surface area contributed by atoms with Gasteiger partial charge in [-0.15, -0.1) is 0 Å². The molecule has 0 unspecified atom stereocenters. The van der Waals surface area contributed by atoms with Crippen molar-refractivity contribution in [2.45, 2.75) is 11.3 Å². The molecule has 0 saturated carbocycles. The van der Waals surface area contributed by atoms with E-state index in [9.17, 15) is 26.7 Å². The van der Waals surface area contributed by atoms with Gasteiger partial charge in [0.15, 0.2) is 16.8 Å². The van der Waals surface area contributed by atoms with Crippen molar-refractivity contribution < 1.29 is 22.0 Å². The highest BCUT2D eigenvalue weighted by Crippen LogP contribution is 2.40. The number of nitrogens with zero attached hydrogens (tertiary/aromatic N) is 2. The Morgan fingerprint density at radius 1 is 1.33 bits per heavy atom. The topological polar surface area (TPSA) is 69.5 Å². The second-order valence-electron chi connectivity index (χ2n) is 4.32. The summed E-state index contributed by atoms with van der Waals surface area (Å²) in [5.41, 5.74) is -5.08. The van der Waals surface area contributed by atoms with Gasteiger partial charge in [-0.05, 0) is 12.3 Å². The zero-order valence-electron chi connectivity index (χ0n) is 11.6. The van der Waals surface area contributed by atoms with Gasteiger partial charge in [0.2, 0.25) is 0 Å². The third kappa shape index (κ3) is 3.09. The smallest absolute Gasteiger partial charge is 0.300 e. The molecule has 0 aliphatic carbocycles. The number of nitrogens with one attached hydrogen (secondary N) is 1. The highest BCUT2D eigenvalue weighted by molar-refractivity contribution is 7.98. The predicted octanol–water partition coefficient (Wildman–Crippen LogP) is 3.98. The van der Waals surface area contributed by atoms with Crippen molar-refractivity contribution >= 4 is 23.4 Å². The molecule has 2 aromatic rings. The number of nitriles is 1. The number of alkyl halides is 3. The van der Waals surface area contributed by atoms with E-state index in [1.807, 2.05) is 0 Å². The van der Waals surface area contributed by atoms with Crippen LogP contribution >= 0.6 is 23.4 Å². The molecule has 0 amide bonds. The Morgan fingerprint density at radius 3 is 2.46 bits per heavy atom. The Labute approximate surface area is 140 Å². The number of hydrogen-bond acceptors (Lipinski definition) is 4. The Kier molecular flexibility index (Phi) is 4.87. The van der Waals surface area contributed by atoms with Crippen molar-refractivity contribution in [1.29, 1.82) is 5.26 Å². The molecule has 126 valence electrons. The van der Waals surface area contributed by atoms with Crippen LogP contribution in [0.5, 0.6) is 0 Å². The van der Waals surface area contributed by atoms with Gasteiger partial charge in [0.05, 0.1) is 16.1 Å². The van der Waals surface area contributed by atoms with Crippen LogP contribution in [0.2, 0.25) is 5.02 Å². The van der Waals surface area contributed by atoms with Gasteiger partial charge in [-0.25, -0.2) is 13.8 Å². The van der Waals surface area contributed by atoms with Gasteiger partial charge < -0.3 is 4.98 Å². The van der Waals surface area contributed by atoms with Crippen LogP contribution in [0.3, 0.4) is 0 Å². The van der Waals surface area contributed by atoms with Crippen LogP contribution in [0, 0.1) is 23.0 Å². The molecule has 0 spiro atoms. The molecular weight excluding hydrogens is 377 g/mol. The van der Waals surface area contributed by atoms with E-state index in [-0.39, 0.29) is 11.2 Å². The third-order valence-corrected chi connectivity index (χ3v) is 3.78. The van der Waals surface area contributed by atoms with E-state index in [1.54, 1.807) is 0 Å². The van der Waals surface area contributed by atoms with Crippen molar-refractivity contribution in [2.75, 3.05) is 6.26 Å². The molecule has 2 rings (SSSR count). The molecule has 24 heavy (non-hydrogen) atoms. The first-order chi connectivity index (χ1) is 11.1. The number of H-pyrrole nitrogens is 1. The van der Waals surface area contributed by atoms with E-state index in [1.165, 1.54) is 12.3 Å². The van der Waals surface area contributed by atoms with Gasteiger partial charge in [-0.2, -0.15) is 18.4 Å². The zero-order chi connectivity index (χ0) is 18.2. The number of aromatic amines is 1. The molecule has 1 aromatic heterocycles. The number of aromatic nitrogens is 2. The normalized spacial score (nSPS) is 11.4. The maximum absolute atomic E-state index is 14.2. The van der Waals surface area contributed by atoms with E-state index in [2.05, 4.69) is 9.97 Å². The summed E-state index contributed by atoms with van der Waals surface area (Å²) >= 11 is 6.57. The molecule has 1 heterocycles. The minimum atomic E-state index is -5.17. The van der Waals surface area contributed by atoms with Gasteiger partial charge in [-0.3, -0.25) is 4.79 Å². The minimum absolute atomic E-state index is 0.0511. The molecule has 0 atom stereocenters. The molecule has 0 aliphatic rings. The Balaban J connectivity index is 2.90. The third-order valence-electron chi connectivity index (χ3n) is 2.90. The highest BCUT2D eigenvalue weighted by Gasteiger charge is 2.38. The molecule has 1 N–H and O–H groups in total. The highest BCUT2D eigenvalue weighted by atomic mass is 35.5. The van der Waals surface area contributed by atoms with Crippen LogP contribution in [-0.2, 0) is 6.18 Å². The van der Waals surface area contributed by atoms with Crippen LogP contribution in [-0.4, -0.2) is 16.2 Å². The van der Waals surface area contributed by atoms with Gasteiger partial charge >= 0.3 is 6.18 Å². The average molecular weight is 382 g/mol. The monoisotopic (exact) mass is 381 g/mol. The number of benzene rings is 1. The summed E-state index contributed by atoms with van der Waals surface area (Å²) in [5, 5.41) is 8.12. The van der Waals surface area contributed by atoms with Crippen molar-refractivity contribution in [3.8, 4) is 17.3 Å². The van der Waals surface area contributed by atoms with Gasteiger partial charge in [-0.1, -0.05) is 23.4 Å². The first kappa shape index (κ1) is 18.2. The van der Waals surface area contributed by atoms with Crippen LogP contribution in [0.4, 0.5) is 22.0 Å². The first-order valence-electron chi connectivity index (χ1n) is 5.95. The summed E-state index contributed by atoms with van der Waals surface area (Å²) in [6.45, 7) is 0. The van der Waals surface area contributed by atoms with Gasteiger partial charge in [0, 0.05) is 0 Å². The van der Waals surface area contributed by atoms with Crippen molar-refractivity contribution in [3.05, 3.63) is 44.2 Å². The molecule has 1 aromatic carbocycles. The second-order valence-corrected chi connectivity index (χ2v) is 5.52. The maximum Gasteiger partial charge on any atom is 0.419 e. The van der Waals surface area contributed by atoms with Crippen molar-refractivity contribution in [3.63, 3.8) is 0 Å². The standard InChI is InChI=1S/C13H5ClF5N3OS/c1-24-12-21-10(4(3-20)11(23)22-12)7-6(14)2-5(13(17,18)19)8(15)9(7)16/h2H,1H3,(H,21,22,23). The van der Waals surface area contributed by atoms with Crippen LogP contribution in [0.1, 0.15) is 11.1 Å². The fourth-order valence-electron chi connectivity index (χ4n) is 1.85. The number of thioether (sulfide) groups is 1. The largest absolute Gasteiger partial charge is 0.419 e. The summed E-state index contributed by atoms with van der Waals surface area (Å²) in [4.78, 5) is 17.8. The summed E-state index contributed by atoms with van der Waals surface area (Å²) in [5.74, 6) is -4.14. The lowest BCUT2D eigenvalue weighted by atomic mass is 10.0. The van der Waals surface area contributed by atoms with E-state index < -0.39 is 50.8 Å². The second kappa shape index (κ2) is 6.41. The Bertz CT molecular complexity index is 920. The van der Waals surface area contributed by atoms with E-state index in [4.69, 9.17) is 16.9 Å². The molecule has 0 fully saturated rings. The maximum atomic E-state index is 14.2. The zero-order valence-corrected chi connectivity index (χ0v) is 13.1. The molecule has 0 aliphatic heterocycles. The summed E-state index contributed by atoms with van der Waals surface area (Å²) in [7, 11) is 0. The number of hydrogen-bond donors (Lipinski definition) is 1. The van der Waals surface area contributed by atoms with Crippen molar-refractivity contribution in [2.24, 2.45) is 0 Å². The summed E-state index contributed by atoms with van der Waals surface area (Å²) < 4.78 is 66.0. The Morgan fingerprint density at radius 2 is 1.96 bits per heavy atom. The fraction of sp³-hybridized carbons (Fsp3) is 0.154. The van der Waals surface area contributed by atoms with E-state index in [0.717, 1.165) is 11.8 Å². The molecule has 0 radical (unpaired) electrons. The SMILES string of the molecule is CSc1nc(-c2c(Cl)cc(C(F)(F)F)c(F)c2F)c(C#N)c(=O)[nH]1. The fourth-order valence-corrected chi connectivity index (χ4v) is 2.51. The van der Waals surface area contributed by atoms with Gasteiger partial charge in [0.1, 0.15) is 17.3 Å². The minimum Gasteiger partial charge on any atom is -0.300 e. The van der Waals surface area contributed by atoms with Crippen molar-refractivity contribution in [1.82, 2.24) is 9.97 Å². The van der Waals surface area contributed by atoms with E-state index >= 15 is 0 Å². The number of halogens is 6. The molecule has 11 heteroatoms. The number of rotatable bonds is 2. The van der Waals surface area contributed by atoms with Crippen LogP contribution in [0.25, 0.3) is 11.3 Å². The lowest BCUT2D eigenvalue weighted by molar-refractivity contribution is -0.140. The summed E-state index contributed by atoms with van der Waals surface area (Å²) in [6, 6.07) is 1.63. The molecule has 0 bridgehead atoms. The molecular formula is C13H5ClF5N3OS. The molecule has 4 nitrogen and oxygen atoms in total. The quantitative estimate of drug-likeness (QED) is 0.370. The van der Waals surface area contributed by atoms with E-state index in [0.29, 0.717) is 0 Å².